The van der Waals surface area contributed by atoms with Crippen molar-refractivity contribution in [3.05, 3.63) is 23.7 Å². The van der Waals surface area contributed by atoms with E-state index in [9.17, 15) is 9.59 Å². The van der Waals surface area contributed by atoms with Gasteiger partial charge in [0.05, 0.1) is 24.5 Å². The number of nitrogens with two attached hydrogens (primary N) is 2. The number of primary amides is 1. The maximum atomic E-state index is 11.5. The fraction of sp³-hybridized carbons (Fsp3) is 0.308. The van der Waals surface area contributed by atoms with Crippen LogP contribution >= 0.6 is 11.5 Å². The van der Waals surface area contributed by atoms with E-state index in [0.717, 1.165) is 17.8 Å². The molecule has 0 aromatic carbocycles. The van der Waals surface area contributed by atoms with Gasteiger partial charge < -0.3 is 21.0 Å². The van der Waals surface area contributed by atoms with Crippen LogP contribution in [0.4, 0.5) is 16.6 Å². The molecule has 0 radical (unpaired) electrons. The van der Waals surface area contributed by atoms with E-state index in [1.807, 2.05) is 0 Å². The predicted octanol–water partition coefficient (Wildman–Crippen LogP) is -0.0745. The molecule has 0 bridgehead atoms. The average molecular weight is 351 g/mol. The van der Waals surface area contributed by atoms with Crippen LogP contribution in [0.25, 0.3) is 0 Å². The number of nitrogens with one attached hydrogen (secondary N) is 1. The number of aromatic nitrogens is 3. The Labute approximate surface area is 141 Å². The summed E-state index contributed by atoms with van der Waals surface area (Å²) in [6, 6.07) is 1.31. The first kappa shape index (κ1) is 17.7. The van der Waals surface area contributed by atoms with Crippen LogP contribution in [0.2, 0.25) is 0 Å². The molecule has 0 saturated heterocycles. The molecule has 128 valence electrons. The van der Waals surface area contributed by atoms with Crippen LogP contribution in [0.15, 0.2) is 12.3 Å². The van der Waals surface area contributed by atoms with Crippen LogP contribution in [0.3, 0.4) is 0 Å². The highest BCUT2D eigenvalue weighted by molar-refractivity contribution is 7.10. The lowest BCUT2D eigenvalue weighted by molar-refractivity contribution is -0.108. The normalized spacial score (nSPS) is 11.8. The molecular weight excluding hydrogens is 334 g/mol. The van der Waals surface area contributed by atoms with E-state index in [2.05, 4.69) is 19.7 Å². The number of carbonyl (C=O) groups is 2. The summed E-state index contributed by atoms with van der Waals surface area (Å²) in [6.45, 7) is 1.55. The van der Waals surface area contributed by atoms with Crippen molar-refractivity contribution in [3.8, 4) is 0 Å². The molecule has 11 heteroatoms. The SMILES string of the molecule is CC(CC=O)N(N)c1cnc(C(N)=O)c(Nc2cc(CO)ns2)n1. The van der Waals surface area contributed by atoms with Crippen LogP contribution in [-0.4, -0.2) is 37.7 Å². The van der Waals surface area contributed by atoms with Crippen molar-refractivity contribution >= 4 is 40.4 Å². The molecule has 1 unspecified atom stereocenters. The van der Waals surface area contributed by atoms with E-state index < -0.39 is 5.91 Å². The van der Waals surface area contributed by atoms with Crippen LogP contribution < -0.4 is 21.9 Å². The van der Waals surface area contributed by atoms with Crippen LogP contribution in [0, 0.1) is 0 Å². The first-order valence-corrected chi connectivity index (χ1v) is 7.71. The van der Waals surface area contributed by atoms with Crippen molar-refractivity contribution < 1.29 is 14.7 Å². The molecule has 2 heterocycles. The lowest BCUT2D eigenvalue weighted by atomic mass is 10.2. The lowest BCUT2D eigenvalue weighted by Crippen LogP contribution is -2.40. The van der Waals surface area contributed by atoms with Gasteiger partial charge in [-0.2, -0.15) is 4.37 Å². The Morgan fingerprint density at radius 3 is 2.92 bits per heavy atom. The number of aliphatic hydroxyl groups excluding tert-OH is 1. The zero-order valence-corrected chi connectivity index (χ0v) is 13.7. The van der Waals surface area contributed by atoms with Gasteiger partial charge in [0.2, 0.25) is 0 Å². The molecule has 1 amide bonds. The fourth-order valence-electron chi connectivity index (χ4n) is 1.81. The third-order valence-corrected chi connectivity index (χ3v) is 3.87. The molecule has 0 aliphatic rings. The summed E-state index contributed by atoms with van der Waals surface area (Å²) in [6.07, 6.45) is 2.27. The molecule has 0 saturated carbocycles. The molecule has 6 N–H and O–H groups in total. The quantitative estimate of drug-likeness (QED) is 0.290. The van der Waals surface area contributed by atoms with Crippen molar-refractivity contribution in [1.82, 2.24) is 14.3 Å². The van der Waals surface area contributed by atoms with Crippen LogP contribution in [-0.2, 0) is 11.4 Å². The second-order valence-corrected chi connectivity index (χ2v) is 5.72. The average Bonchev–Trinajstić information content (AvgIpc) is 3.01. The Kier molecular flexibility index (Phi) is 5.73. The van der Waals surface area contributed by atoms with Gasteiger partial charge in [0.15, 0.2) is 17.3 Å². The van der Waals surface area contributed by atoms with E-state index in [0.29, 0.717) is 10.7 Å². The van der Waals surface area contributed by atoms with Crippen molar-refractivity contribution in [3.63, 3.8) is 0 Å². The fourth-order valence-corrected chi connectivity index (χ4v) is 2.47. The molecule has 0 spiro atoms. The first-order chi connectivity index (χ1) is 11.5. The lowest BCUT2D eigenvalue weighted by Gasteiger charge is -2.23. The summed E-state index contributed by atoms with van der Waals surface area (Å²) in [4.78, 5) is 30.4. The minimum absolute atomic E-state index is 0.0610. The van der Waals surface area contributed by atoms with Crippen molar-refractivity contribution in [1.29, 1.82) is 0 Å². The largest absolute Gasteiger partial charge is 0.390 e. The summed E-state index contributed by atoms with van der Waals surface area (Å²) in [5.41, 5.74) is 5.73. The number of carbonyl (C=O) groups excluding carboxylic acids is 2. The maximum absolute atomic E-state index is 11.5. The number of hydrogen-bond donors (Lipinski definition) is 4. The van der Waals surface area contributed by atoms with E-state index in [-0.39, 0.29) is 36.4 Å². The molecule has 24 heavy (non-hydrogen) atoms. The monoisotopic (exact) mass is 351 g/mol. The van der Waals surface area contributed by atoms with Gasteiger partial charge >= 0.3 is 0 Å². The van der Waals surface area contributed by atoms with Crippen molar-refractivity contribution in [2.24, 2.45) is 11.6 Å². The first-order valence-electron chi connectivity index (χ1n) is 6.94. The minimum Gasteiger partial charge on any atom is -0.390 e. The number of rotatable bonds is 8. The molecule has 0 aliphatic carbocycles. The Morgan fingerprint density at radius 1 is 1.58 bits per heavy atom. The number of aldehydes is 1. The Hall–Kier alpha value is -2.63. The van der Waals surface area contributed by atoms with E-state index in [1.165, 1.54) is 11.2 Å². The number of hydrazine groups is 1. The second-order valence-electron chi connectivity index (χ2n) is 4.91. The molecule has 2 rings (SSSR count). The molecule has 10 nitrogen and oxygen atoms in total. The van der Waals surface area contributed by atoms with Gasteiger partial charge in [0.25, 0.3) is 5.91 Å². The Morgan fingerprint density at radius 2 is 2.33 bits per heavy atom. The Bertz CT molecular complexity index is 736. The highest BCUT2D eigenvalue weighted by atomic mass is 32.1. The van der Waals surface area contributed by atoms with Gasteiger partial charge in [-0.15, -0.1) is 0 Å². The topological polar surface area (TPSA) is 160 Å². The number of anilines is 3. The second kappa shape index (κ2) is 7.77. The van der Waals surface area contributed by atoms with E-state index in [4.69, 9.17) is 16.7 Å². The summed E-state index contributed by atoms with van der Waals surface area (Å²) < 4.78 is 4.01. The summed E-state index contributed by atoms with van der Waals surface area (Å²) in [5.74, 6) is 5.55. The van der Waals surface area contributed by atoms with Gasteiger partial charge in [-0.3, -0.25) is 9.80 Å². The van der Waals surface area contributed by atoms with E-state index in [1.54, 1.807) is 13.0 Å². The number of aliphatic hydroxyl groups is 1. The van der Waals surface area contributed by atoms with Gasteiger partial charge in [-0.25, -0.2) is 15.8 Å². The highest BCUT2D eigenvalue weighted by Crippen LogP contribution is 2.24. The minimum atomic E-state index is -0.757. The molecule has 0 aliphatic heterocycles. The maximum Gasteiger partial charge on any atom is 0.271 e. The summed E-state index contributed by atoms with van der Waals surface area (Å²) >= 11 is 1.09. The zero-order valence-electron chi connectivity index (χ0n) is 12.8. The molecule has 0 fully saturated rings. The standard InChI is InChI=1S/C13H17N7O3S/c1-7(2-3-21)20(15)9-5-16-11(12(14)23)13(17-9)18-10-4-8(6-22)19-24-10/h3-5,7,22H,2,6,15H2,1H3,(H2,14,23)(H,17,18). The van der Waals surface area contributed by atoms with Gasteiger partial charge in [0.1, 0.15) is 11.3 Å². The number of hydrogen-bond acceptors (Lipinski definition) is 10. The van der Waals surface area contributed by atoms with Gasteiger partial charge in [-0.1, -0.05) is 0 Å². The zero-order chi connectivity index (χ0) is 17.7. The van der Waals surface area contributed by atoms with Crippen LogP contribution in [0.5, 0.6) is 0 Å². The highest BCUT2D eigenvalue weighted by Gasteiger charge is 2.18. The molecular formula is C13H17N7O3S. The van der Waals surface area contributed by atoms with Gasteiger partial charge in [-0.05, 0) is 24.5 Å². The Balaban J connectivity index is 2.33. The predicted molar refractivity (Wildman–Crippen MR) is 88.7 cm³/mol. The van der Waals surface area contributed by atoms with Crippen LogP contribution in [0.1, 0.15) is 29.5 Å². The third kappa shape index (κ3) is 4.01. The molecule has 2 aromatic rings. The number of nitrogens with zero attached hydrogens (tertiary/aromatic N) is 4. The summed E-state index contributed by atoms with van der Waals surface area (Å²) in [7, 11) is 0. The molecule has 2 aromatic heterocycles. The van der Waals surface area contributed by atoms with Crippen molar-refractivity contribution in [2.75, 3.05) is 10.3 Å². The third-order valence-electron chi connectivity index (χ3n) is 3.13. The van der Waals surface area contributed by atoms with Gasteiger partial charge in [0, 0.05) is 6.42 Å². The van der Waals surface area contributed by atoms with E-state index >= 15 is 0 Å². The molecule has 1 atom stereocenters. The summed E-state index contributed by atoms with van der Waals surface area (Å²) in [5, 5.41) is 13.8. The number of amides is 1. The smallest absolute Gasteiger partial charge is 0.271 e. The van der Waals surface area contributed by atoms with Crippen molar-refractivity contribution in [2.45, 2.75) is 26.0 Å².